The highest BCUT2D eigenvalue weighted by atomic mass is 35.5. The van der Waals surface area contributed by atoms with E-state index < -0.39 is 5.97 Å². The van der Waals surface area contributed by atoms with Crippen molar-refractivity contribution in [2.45, 2.75) is 13.2 Å². The number of rotatable bonds is 4. The number of carbonyl (C=O) groups is 1. The number of pyridine rings is 1. The molecule has 0 saturated heterocycles. The number of anilines is 1. The van der Waals surface area contributed by atoms with Crippen LogP contribution in [0.4, 0.5) is 5.69 Å². The molecule has 2 rings (SSSR count). The average molecular weight is 327 g/mol. The number of nitrogens with two attached hydrogens (primary N) is 1. The molecule has 0 aliphatic carbocycles. The molecule has 0 spiro atoms. The summed E-state index contributed by atoms with van der Waals surface area (Å²) in [6.45, 7) is -0.239. The van der Waals surface area contributed by atoms with Crippen LogP contribution in [0.5, 0.6) is 0 Å². The Bertz CT molecular complexity index is 728. The van der Waals surface area contributed by atoms with E-state index >= 15 is 0 Å². The molecule has 110 valence electrons. The second-order valence-corrected chi connectivity index (χ2v) is 5.09. The highest BCUT2D eigenvalue weighted by Gasteiger charge is 2.09. The van der Waals surface area contributed by atoms with Gasteiger partial charge in [0.1, 0.15) is 13.2 Å². The van der Waals surface area contributed by atoms with Gasteiger partial charge in [-0.25, -0.2) is 0 Å². The van der Waals surface area contributed by atoms with Gasteiger partial charge in [0.05, 0.1) is 10.0 Å². The normalized spacial score (nSPS) is 10.4. The molecule has 2 aromatic rings. The van der Waals surface area contributed by atoms with Crippen LogP contribution < -0.4 is 11.3 Å². The van der Waals surface area contributed by atoms with Gasteiger partial charge in [0.2, 0.25) is 0 Å². The lowest BCUT2D eigenvalue weighted by atomic mass is 10.2. The van der Waals surface area contributed by atoms with Crippen LogP contribution in [-0.2, 0) is 22.7 Å². The zero-order valence-corrected chi connectivity index (χ0v) is 12.4. The van der Waals surface area contributed by atoms with Crippen molar-refractivity contribution in [3.63, 3.8) is 0 Å². The number of aromatic nitrogens is 1. The molecule has 0 unspecified atom stereocenters. The SMILES string of the molecule is Nc1ccc(=O)n(CC(=O)OCc2cccc(Cl)c2Cl)c1. The number of benzene rings is 1. The molecular formula is C14H12Cl2N2O3. The smallest absolute Gasteiger partial charge is 0.326 e. The van der Waals surface area contributed by atoms with Gasteiger partial charge in [-0.15, -0.1) is 0 Å². The molecule has 1 aromatic carbocycles. The van der Waals surface area contributed by atoms with Crippen LogP contribution in [0, 0.1) is 0 Å². The Kier molecular flexibility index (Phi) is 4.88. The second-order valence-electron chi connectivity index (χ2n) is 4.30. The number of ether oxygens (including phenoxy) is 1. The standard InChI is InChI=1S/C14H12Cl2N2O3/c15-11-3-1-2-9(14(11)16)8-21-13(20)7-18-6-10(17)4-5-12(18)19/h1-6H,7-8,17H2. The summed E-state index contributed by atoms with van der Waals surface area (Å²) in [6, 6.07) is 7.81. The summed E-state index contributed by atoms with van der Waals surface area (Å²) in [5.74, 6) is -0.571. The van der Waals surface area contributed by atoms with Crippen molar-refractivity contribution in [2.75, 3.05) is 5.73 Å². The Labute approximate surface area is 130 Å². The largest absolute Gasteiger partial charge is 0.459 e. The Morgan fingerprint density at radius 2 is 2.00 bits per heavy atom. The molecule has 5 nitrogen and oxygen atoms in total. The third-order valence-corrected chi connectivity index (χ3v) is 3.58. The minimum Gasteiger partial charge on any atom is -0.459 e. The van der Waals surface area contributed by atoms with Gasteiger partial charge in [-0.2, -0.15) is 0 Å². The van der Waals surface area contributed by atoms with Gasteiger partial charge >= 0.3 is 5.97 Å². The fourth-order valence-corrected chi connectivity index (χ4v) is 2.05. The Morgan fingerprint density at radius 3 is 2.76 bits per heavy atom. The monoisotopic (exact) mass is 326 g/mol. The van der Waals surface area contributed by atoms with Gasteiger partial charge < -0.3 is 15.0 Å². The van der Waals surface area contributed by atoms with Crippen molar-refractivity contribution in [1.82, 2.24) is 4.57 Å². The van der Waals surface area contributed by atoms with Gasteiger partial charge in [0.15, 0.2) is 0 Å². The van der Waals surface area contributed by atoms with Crippen molar-refractivity contribution in [3.05, 3.63) is 62.5 Å². The predicted molar refractivity (Wildman–Crippen MR) is 81.4 cm³/mol. The van der Waals surface area contributed by atoms with E-state index in [1.807, 2.05) is 0 Å². The third kappa shape index (κ3) is 4.00. The predicted octanol–water partition coefficient (Wildman–Crippen LogP) is 2.48. The number of nitrogens with zero attached hydrogens (tertiary/aromatic N) is 1. The molecular weight excluding hydrogens is 315 g/mol. The van der Waals surface area contributed by atoms with Crippen molar-refractivity contribution < 1.29 is 9.53 Å². The molecule has 0 bridgehead atoms. The summed E-state index contributed by atoms with van der Waals surface area (Å²) >= 11 is 11.9. The molecule has 0 atom stereocenters. The first kappa shape index (κ1) is 15.4. The lowest BCUT2D eigenvalue weighted by Crippen LogP contribution is -2.24. The first-order chi connectivity index (χ1) is 9.97. The van der Waals surface area contributed by atoms with E-state index in [0.29, 0.717) is 21.3 Å². The summed E-state index contributed by atoms with van der Waals surface area (Å²) in [6.07, 6.45) is 1.38. The molecule has 1 aromatic heterocycles. The van der Waals surface area contributed by atoms with Crippen LogP contribution in [0.1, 0.15) is 5.56 Å². The van der Waals surface area contributed by atoms with Gasteiger partial charge in [0.25, 0.3) is 5.56 Å². The zero-order valence-electron chi connectivity index (χ0n) is 10.9. The topological polar surface area (TPSA) is 74.3 Å². The summed E-state index contributed by atoms with van der Waals surface area (Å²) in [7, 11) is 0. The minimum absolute atomic E-state index is 0.0186. The van der Waals surface area contributed by atoms with Crippen LogP contribution in [0.25, 0.3) is 0 Å². The quantitative estimate of drug-likeness (QED) is 0.876. The molecule has 21 heavy (non-hydrogen) atoms. The van der Waals surface area contributed by atoms with Crippen LogP contribution in [0.15, 0.2) is 41.3 Å². The van der Waals surface area contributed by atoms with Gasteiger partial charge in [-0.05, 0) is 12.1 Å². The van der Waals surface area contributed by atoms with E-state index in [2.05, 4.69) is 0 Å². The summed E-state index contributed by atoms with van der Waals surface area (Å²) in [5, 5.41) is 0.727. The molecule has 7 heteroatoms. The maximum atomic E-state index is 11.7. The Balaban J connectivity index is 2.01. The van der Waals surface area contributed by atoms with Gasteiger partial charge in [-0.3, -0.25) is 9.59 Å². The van der Waals surface area contributed by atoms with Crippen molar-refractivity contribution in [1.29, 1.82) is 0 Å². The second kappa shape index (κ2) is 6.65. The number of hydrogen-bond donors (Lipinski definition) is 1. The van der Waals surface area contributed by atoms with E-state index in [1.54, 1.807) is 18.2 Å². The van der Waals surface area contributed by atoms with E-state index in [0.717, 1.165) is 0 Å². The maximum Gasteiger partial charge on any atom is 0.326 e. The average Bonchev–Trinajstić information content (AvgIpc) is 2.44. The number of carbonyl (C=O) groups excluding carboxylic acids is 1. The van der Waals surface area contributed by atoms with Gasteiger partial charge in [0, 0.05) is 23.5 Å². The van der Waals surface area contributed by atoms with Crippen molar-refractivity contribution in [2.24, 2.45) is 0 Å². The highest BCUT2D eigenvalue weighted by molar-refractivity contribution is 6.42. The molecule has 0 aliphatic rings. The highest BCUT2D eigenvalue weighted by Crippen LogP contribution is 2.25. The van der Waals surface area contributed by atoms with Crippen LogP contribution >= 0.6 is 23.2 Å². The van der Waals surface area contributed by atoms with Gasteiger partial charge in [-0.1, -0.05) is 35.3 Å². The van der Waals surface area contributed by atoms with E-state index in [9.17, 15) is 9.59 Å². The minimum atomic E-state index is -0.571. The summed E-state index contributed by atoms with van der Waals surface area (Å²) in [4.78, 5) is 23.3. The lowest BCUT2D eigenvalue weighted by Gasteiger charge is -2.09. The molecule has 0 fully saturated rings. The zero-order chi connectivity index (χ0) is 15.4. The number of nitrogen functional groups attached to an aromatic ring is 1. The van der Waals surface area contributed by atoms with Crippen LogP contribution in [0.3, 0.4) is 0 Å². The molecule has 0 amide bonds. The van der Waals surface area contributed by atoms with Crippen molar-refractivity contribution in [3.8, 4) is 0 Å². The molecule has 0 aliphatic heterocycles. The van der Waals surface area contributed by atoms with E-state index in [1.165, 1.54) is 22.9 Å². The summed E-state index contributed by atoms with van der Waals surface area (Å²) in [5.41, 5.74) is 6.21. The fraction of sp³-hybridized carbons (Fsp3) is 0.143. The first-order valence-electron chi connectivity index (χ1n) is 6.02. The third-order valence-electron chi connectivity index (χ3n) is 2.73. The molecule has 0 saturated carbocycles. The number of hydrogen-bond acceptors (Lipinski definition) is 4. The van der Waals surface area contributed by atoms with E-state index in [4.69, 9.17) is 33.7 Å². The Morgan fingerprint density at radius 1 is 1.24 bits per heavy atom. The molecule has 1 heterocycles. The van der Waals surface area contributed by atoms with Crippen LogP contribution in [-0.4, -0.2) is 10.5 Å². The molecule has 2 N–H and O–H groups in total. The molecule has 0 radical (unpaired) electrons. The van der Waals surface area contributed by atoms with Crippen molar-refractivity contribution >= 4 is 34.9 Å². The Hall–Kier alpha value is -1.98. The fourth-order valence-electron chi connectivity index (χ4n) is 1.68. The van der Waals surface area contributed by atoms with E-state index in [-0.39, 0.29) is 18.7 Å². The van der Waals surface area contributed by atoms with Crippen LogP contribution in [0.2, 0.25) is 10.0 Å². The number of halogens is 2. The number of esters is 1. The lowest BCUT2D eigenvalue weighted by molar-refractivity contribution is -0.145. The summed E-state index contributed by atoms with van der Waals surface area (Å²) < 4.78 is 6.26. The maximum absolute atomic E-state index is 11.7. The first-order valence-corrected chi connectivity index (χ1v) is 6.77.